The predicted molar refractivity (Wildman–Crippen MR) is 56.9 cm³/mol. The summed E-state index contributed by atoms with van der Waals surface area (Å²) in [6.45, 7) is 3.37. The first-order chi connectivity index (χ1) is 6.17. The Bertz CT molecular complexity index is 372. The maximum absolute atomic E-state index is 11.3. The second-order valence-electron chi connectivity index (χ2n) is 2.34. The van der Waals surface area contributed by atoms with Crippen molar-refractivity contribution >= 4 is 39.7 Å². The van der Waals surface area contributed by atoms with Gasteiger partial charge >= 0.3 is 29.6 Å². The van der Waals surface area contributed by atoms with Crippen LogP contribution in [0.3, 0.4) is 0 Å². The molecule has 0 spiro atoms. The second kappa shape index (κ2) is 6.37. The van der Waals surface area contributed by atoms with Crippen LogP contribution in [0.15, 0.2) is 47.9 Å². The van der Waals surface area contributed by atoms with Gasteiger partial charge in [-0.1, -0.05) is 24.3 Å². The van der Waals surface area contributed by atoms with Gasteiger partial charge in [-0.2, -0.15) is 8.42 Å². The topological polar surface area (TPSA) is 43.4 Å². The summed E-state index contributed by atoms with van der Waals surface area (Å²) in [6.07, 6.45) is 1.39. The number of benzene rings is 1. The molecule has 5 heteroatoms. The summed E-state index contributed by atoms with van der Waals surface area (Å²) >= 11 is 0. The molecule has 1 rings (SSSR count). The van der Waals surface area contributed by atoms with Gasteiger partial charge in [0.1, 0.15) is 0 Å². The molecule has 0 heterocycles. The number of rotatable bonds is 4. The van der Waals surface area contributed by atoms with E-state index in [2.05, 4.69) is 10.8 Å². The molecular weight excluding hydrogens is 211 g/mol. The SMILES string of the molecule is C=CCOS(=O)(=O)c1ccccc1.[NaH]. The summed E-state index contributed by atoms with van der Waals surface area (Å²) in [6, 6.07) is 8.00. The van der Waals surface area contributed by atoms with Crippen LogP contribution in [0.25, 0.3) is 0 Å². The van der Waals surface area contributed by atoms with Crippen LogP contribution in [-0.2, 0) is 14.3 Å². The van der Waals surface area contributed by atoms with Crippen molar-refractivity contribution in [2.75, 3.05) is 6.61 Å². The van der Waals surface area contributed by atoms with Crippen LogP contribution >= 0.6 is 0 Å². The molecule has 0 saturated carbocycles. The van der Waals surface area contributed by atoms with E-state index in [0.29, 0.717) is 0 Å². The van der Waals surface area contributed by atoms with Crippen molar-refractivity contribution < 1.29 is 12.6 Å². The van der Waals surface area contributed by atoms with E-state index >= 15 is 0 Å². The Kier molecular flexibility index (Phi) is 6.31. The zero-order chi connectivity index (χ0) is 9.73. The third kappa shape index (κ3) is 3.94. The normalized spacial score (nSPS) is 10.3. The van der Waals surface area contributed by atoms with Gasteiger partial charge in [-0.3, -0.25) is 4.18 Å². The molecule has 0 fully saturated rings. The molecule has 0 saturated heterocycles. The summed E-state index contributed by atoms with van der Waals surface area (Å²) in [5.74, 6) is 0. The van der Waals surface area contributed by atoms with E-state index < -0.39 is 10.1 Å². The molecule has 0 aliphatic rings. The molecule has 1 aromatic rings. The van der Waals surface area contributed by atoms with Crippen molar-refractivity contribution in [3.63, 3.8) is 0 Å². The summed E-state index contributed by atoms with van der Waals surface area (Å²) < 4.78 is 27.3. The van der Waals surface area contributed by atoms with Gasteiger partial charge in [0.2, 0.25) is 0 Å². The number of hydrogen-bond donors (Lipinski definition) is 0. The van der Waals surface area contributed by atoms with Crippen molar-refractivity contribution in [2.24, 2.45) is 0 Å². The minimum absolute atomic E-state index is 0. The minimum atomic E-state index is -3.59. The van der Waals surface area contributed by atoms with Gasteiger partial charge in [0.15, 0.2) is 0 Å². The fourth-order valence-corrected chi connectivity index (χ4v) is 1.69. The van der Waals surface area contributed by atoms with E-state index in [1.54, 1.807) is 18.2 Å². The molecule has 1 aromatic carbocycles. The summed E-state index contributed by atoms with van der Waals surface area (Å²) in [5, 5.41) is 0. The van der Waals surface area contributed by atoms with Crippen LogP contribution in [-0.4, -0.2) is 44.6 Å². The van der Waals surface area contributed by atoms with Crippen LogP contribution in [0.4, 0.5) is 0 Å². The molecule has 3 nitrogen and oxygen atoms in total. The van der Waals surface area contributed by atoms with Crippen LogP contribution in [0, 0.1) is 0 Å². The average Bonchev–Trinajstić information content (AvgIpc) is 2.16. The predicted octanol–water partition coefficient (Wildman–Crippen LogP) is 0.929. The van der Waals surface area contributed by atoms with Gasteiger partial charge in [0, 0.05) is 0 Å². The van der Waals surface area contributed by atoms with Crippen molar-refractivity contribution in [2.45, 2.75) is 4.90 Å². The zero-order valence-corrected chi connectivity index (χ0v) is 7.83. The first kappa shape index (κ1) is 13.9. The van der Waals surface area contributed by atoms with E-state index in [1.165, 1.54) is 18.2 Å². The van der Waals surface area contributed by atoms with E-state index in [9.17, 15) is 8.42 Å². The molecule has 14 heavy (non-hydrogen) atoms. The Morgan fingerprint density at radius 2 is 1.86 bits per heavy atom. The summed E-state index contributed by atoms with van der Waals surface area (Å²) in [7, 11) is -3.59. The van der Waals surface area contributed by atoms with Gasteiger partial charge in [-0.25, -0.2) is 0 Å². The van der Waals surface area contributed by atoms with Gasteiger partial charge in [-0.05, 0) is 12.1 Å². The Balaban J connectivity index is 0.00000169. The van der Waals surface area contributed by atoms with Gasteiger partial charge < -0.3 is 0 Å². The molecule has 0 bridgehead atoms. The standard InChI is InChI=1S/C9H10O3S.Na.H/c1-2-8-12-13(10,11)9-6-4-3-5-7-9;;/h2-7H,1,8H2;;. The Labute approximate surface area is 106 Å². The van der Waals surface area contributed by atoms with Crippen molar-refractivity contribution in [3.05, 3.63) is 43.0 Å². The molecule has 0 aromatic heterocycles. The average molecular weight is 222 g/mol. The van der Waals surface area contributed by atoms with Crippen LogP contribution < -0.4 is 0 Å². The fourth-order valence-electron chi connectivity index (χ4n) is 0.793. The quantitative estimate of drug-likeness (QED) is 0.432. The Morgan fingerprint density at radius 3 is 2.36 bits per heavy atom. The molecule has 0 amide bonds. The first-order valence-electron chi connectivity index (χ1n) is 3.72. The van der Waals surface area contributed by atoms with E-state index in [0.717, 1.165) is 0 Å². The van der Waals surface area contributed by atoms with Gasteiger partial charge in [0.25, 0.3) is 10.1 Å². The van der Waals surface area contributed by atoms with Crippen molar-refractivity contribution in [1.29, 1.82) is 0 Å². The van der Waals surface area contributed by atoms with E-state index in [-0.39, 0.29) is 41.1 Å². The molecule has 0 aliphatic heterocycles. The zero-order valence-electron chi connectivity index (χ0n) is 7.01. The third-order valence-corrected chi connectivity index (χ3v) is 2.67. The van der Waals surface area contributed by atoms with Crippen LogP contribution in [0.2, 0.25) is 0 Å². The maximum atomic E-state index is 11.3. The Morgan fingerprint density at radius 1 is 1.29 bits per heavy atom. The monoisotopic (exact) mass is 222 g/mol. The molecule has 0 N–H and O–H groups in total. The van der Waals surface area contributed by atoms with Crippen LogP contribution in [0.5, 0.6) is 0 Å². The molecule has 72 valence electrons. The third-order valence-electron chi connectivity index (χ3n) is 1.37. The fraction of sp³-hybridized carbons (Fsp3) is 0.111. The van der Waals surface area contributed by atoms with E-state index in [4.69, 9.17) is 0 Å². The van der Waals surface area contributed by atoms with Gasteiger partial charge in [-0.15, -0.1) is 6.58 Å². The summed E-state index contributed by atoms with van der Waals surface area (Å²) in [4.78, 5) is 0.164. The van der Waals surface area contributed by atoms with E-state index in [1.807, 2.05) is 0 Å². The molecular formula is C9H11NaO3S. The first-order valence-corrected chi connectivity index (χ1v) is 5.13. The molecule has 0 atom stereocenters. The molecule has 0 aliphatic carbocycles. The second-order valence-corrected chi connectivity index (χ2v) is 3.96. The van der Waals surface area contributed by atoms with Gasteiger partial charge in [0.05, 0.1) is 11.5 Å². The van der Waals surface area contributed by atoms with Crippen molar-refractivity contribution in [1.82, 2.24) is 0 Å². The molecule has 0 unspecified atom stereocenters. The Hall–Kier alpha value is -0.130. The number of hydrogen-bond acceptors (Lipinski definition) is 3. The molecule has 0 radical (unpaired) electrons. The summed E-state index contributed by atoms with van der Waals surface area (Å²) in [5.41, 5.74) is 0. The van der Waals surface area contributed by atoms with Crippen molar-refractivity contribution in [3.8, 4) is 0 Å². The van der Waals surface area contributed by atoms with Crippen LogP contribution in [0.1, 0.15) is 0 Å².